The van der Waals surface area contributed by atoms with Crippen molar-refractivity contribution in [2.45, 2.75) is 13.0 Å². The summed E-state index contributed by atoms with van der Waals surface area (Å²) in [6.07, 6.45) is 0. The third kappa shape index (κ3) is 1.49. The molecule has 0 saturated heterocycles. The number of nitrogens with two attached hydrogens (primary N) is 1. The highest BCUT2D eigenvalue weighted by Crippen LogP contribution is 2.17. The zero-order valence-electron chi connectivity index (χ0n) is 7.64. The Kier molecular flexibility index (Phi) is 1.93. The zero-order valence-corrected chi connectivity index (χ0v) is 7.64. The Balaban J connectivity index is 2.25. The van der Waals surface area contributed by atoms with Gasteiger partial charge in [-0.25, -0.2) is 4.99 Å². The third-order valence-corrected chi connectivity index (χ3v) is 2.14. The SMILES string of the molecule is C[C@H]1CN(c2ccccc2)C(N)=N1. The normalized spacial score (nSPS) is 21.8. The second-order valence-corrected chi connectivity index (χ2v) is 3.28. The fourth-order valence-electron chi connectivity index (χ4n) is 1.54. The molecule has 0 fully saturated rings. The molecule has 2 N–H and O–H groups in total. The van der Waals surface area contributed by atoms with Gasteiger partial charge < -0.3 is 10.6 Å². The number of nitrogens with zero attached hydrogens (tertiary/aromatic N) is 2. The van der Waals surface area contributed by atoms with E-state index >= 15 is 0 Å². The van der Waals surface area contributed by atoms with E-state index in [1.807, 2.05) is 35.2 Å². The Labute approximate surface area is 77.9 Å². The molecule has 0 saturated carbocycles. The van der Waals surface area contributed by atoms with E-state index in [1.54, 1.807) is 0 Å². The Morgan fingerprint density at radius 1 is 1.38 bits per heavy atom. The molecular weight excluding hydrogens is 162 g/mol. The van der Waals surface area contributed by atoms with Crippen molar-refractivity contribution in [1.29, 1.82) is 0 Å². The summed E-state index contributed by atoms with van der Waals surface area (Å²) in [6, 6.07) is 10.4. The molecule has 0 aliphatic carbocycles. The molecule has 68 valence electrons. The van der Waals surface area contributed by atoms with Crippen molar-refractivity contribution < 1.29 is 0 Å². The van der Waals surface area contributed by atoms with Crippen LogP contribution in [-0.4, -0.2) is 18.5 Å². The highest BCUT2D eigenvalue weighted by molar-refractivity contribution is 5.96. The van der Waals surface area contributed by atoms with Crippen LogP contribution in [0.3, 0.4) is 0 Å². The standard InChI is InChI=1S/C10H13N3/c1-8-7-13(10(11)12-8)9-5-3-2-4-6-9/h2-6,8H,7H2,1H3,(H2,11,12)/t8-/m0/s1. The van der Waals surface area contributed by atoms with Gasteiger partial charge in [-0.2, -0.15) is 0 Å². The van der Waals surface area contributed by atoms with Crippen molar-refractivity contribution in [2.75, 3.05) is 11.4 Å². The number of para-hydroxylation sites is 1. The maximum Gasteiger partial charge on any atom is 0.196 e. The van der Waals surface area contributed by atoms with E-state index in [2.05, 4.69) is 11.9 Å². The summed E-state index contributed by atoms with van der Waals surface area (Å²) in [5, 5.41) is 0. The van der Waals surface area contributed by atoms with Gasteiger partial charge in [-0.15, -0.1) is 0 Å². The van der Waals surface area contributed by atoms with Gasteiger partial charge >= 0.3 is 0 Å². The average Bonchev–Trinajstić information content (AvgIpc) is 2.47. The molecule has 13 heavy (non-hydrogen) atoms. The minimum absolute atomic E-state index is 0.306. The van der Waals surface area contributed by atoms with Crippen LogP contribution in [0.4, 0.5) is 5.69 Å². The minimum atomic E-state index is 0.306. The number of aliphatic imine (C=N–C) groups is 1. The predicted octanol–water partition coefficient (Wildman–Crippen LogP) is 1.21. The maximum absolute atomic E-state index is 5.78. The van der Waals surface area contributed by atoms with Gasteiger partial charge in [0.25, 0.3) is 0 Å². The van der Waals surface area contributed by atoms with E-state index in [-0.39, 0.29) is 0 Å². The van der Waals surface area contributed by atoms with Gasteiger partial charge in [-0.1, -0.05) is 18.2 Å². The van der Waals surface area contributed by atoms with Crippen molar-refractivity contribution >= 4 is 11.6 Å². The molecule has 1 atom stereocenters. The lowest BCUT2D eigenvalue weighted by Crippen LogP contribution is -2.34. The highest BCUT2D eigenvalue weighted by Gasteiger charge is 2.20. The monoisotopic (exact) mass is 175 g/mol. The molecule has 1 aliphatic rings. The van der Waals surface area contributed by atoms with E-state index in [0.29, 0.717) is 12.0 Å². The topological polar surface area (TPSA) is 41.6 Å². The van der Waals surface area contributed by atoms with Gasteiger partial charge in [-0.05, 0) is 19.1 Å². The summed E-state index contributed by atoms with van der Waals surface area (Å²) in [4.78, 5) is 6.30. The summed E-state index contributed by atoms with van der Waals surface area (Å²) in [6.45, 7) is 2.95. The molecule has 0 amide bonds. The van der Waals surface area contributed by atoms with Crippen LogP contribution in [0.1, 0.15) is 6.92 Å². The van der Waals surface area contributed by atoms with E-state index < -0.39 is 0 Å². The second kappa shape index (κ2) is 3.09. The van der Waals surface area contributed by atoms with Crippen LogP contribution in [-0.2, 0) is 0 Å². The number of hydrogen-bond donors (Lipinski definition) is 1. The van der Waals surface area contributed by atoms with Gasteiger partial charge in [0.05, 0.1) is 6.04 Å². The fraction of sp³-hybridized carbons (Fsp3) is 0.300. The molecule has 2 rings (SSSR count). The summed E-state index contributed by atoms with van der Waals surface area (Å²) in [7, 11) is 0. The van der Waals surface area contributed by atoms with Crippen molar-refractivity contribution in [3.05, 3.63) is 30.3 Å². The Morgan fingerprint density at radius 2 is 2.08 bits per heavy atom. The number of guanidine groups is 1. The molecule has 3 nitrogen and oxygen atoms in total. The van der Waals surface area contributed by atoms with Crippen LogP contribution >= 0.6 is 0 Å². The van der Waals surface area contributed by atoms with E-state index in [4.69, 9.17) is 5.73 Å². The number of rotatable bonds is 1. The first-order valence-electron chi connectivity index (χ1n) is 4.43. The first-order valence-corrected chi connectivity index (χ1v) is 4.43. The molecule has 1 aromatic rings. The van der Waals surface area contributed by atoms with Crippen LogP contribution in [0, 0.1) is 0 Å². The molecule has 3 heteroatoms. The minimum Gasteiger partial charge on any atom is -0.370 e. The highest BCUT2D eigenvalue weighted by atomic mass is 15.3. The Hall–Kier alpha value is -1.51. The summed E-state index contributed by atoms with van der Waals surface area (Å²) >= 11 is 0. The fourth-order valence-corrected chi connectivity index (χ4v) is 1.54. The molecule has 0 aromatic heterocycles. The van der Waals surface area contributed by atoms with Crippen LogP contribution in [0.2, 0.25) is 0 Å². The molecule has 1 aliphatic heterocycles. The van der Waals surface area contributed by atoms with Crippen LogP contribution in [0.25, 0.3) is 0 Å². The third-order valence-electron chi connectivity index (χ3n) is 2.14. The smallest absolute Gasteiger partial charge is 0.196 e. The lowest BCUT2D eigenvalue weighted by molar-refractivity contribution is 0.795. The van der Waals surface area contributed by atoms with Gasteiger partial charge in [0.2, 0.25) is 0 Å². The number of anilines is 1. The lowest BCUT2D eigenvalue weighted by Gasteiger charge is -2.17. The summed E-state index contributed by atoms with van der Waals surface area (Å²) in [5.41, 5.74) is 6.90. The molecule has 0 radical (unpaired) electrons. The Bertz CT molecular complexity index is 318. The first kappa shape index (κ1) is 8.10. The lowest BCUT2D eigenvalue weighted by atomic mass is 10.3. The van der Waals surface area contributed by atoms with Gasteiger partial charge in [-0.3, -0.25) is 0 Å². The molecule has 1 heterocycles. The number of benzene rings is 1. The van der Waals surface area contributed by atoms with Crippen molar-refractivity contribution in [3.63, 3.8) is 0 Å². The predicted molar refractivity (Wildman–Crippen MR) is 54.9 cm³/mol. The molecule has 0 spiro atoms. The van der Waals surface area contributed by atoms with Crippen molar-refractivity contribution in [3.8, 4) is 0 Å². The van der Waals surface area contributed by atoms with Crippen LogP contribution < -0.4 is 10.6 Å². The van der Waals surface area contributed by atoms with Crippen LogP contribution in [0.15, 0.2) is 35.3 Å². The van der Waals surface area contributed by atoms with Crippen molar-refractivity contribution in [2.24, 2.45) is 10.7 Å². The largest absolute Gasteiger partial charge is 0.370 e. The quantitative estimate of drug-likeness (QED) is 0.697. The maximum atomic E-state index is 5.78. The number of hydrogen-bond acceptors (Lipinski definition) is 3. The van der Waals surface area contributed by atoms with Crippen molar-refractivity contribution in [1.82, 2.24) is 0 Å². The second-order valence-electron chi connectivity index (χ2n) is 3.28. The molecule has 1 aromatic carbocycles. The van der Waals surface area contributed by atoms with Crippen LogP contribution in [0.5, 0.6) is 0 Å². The first-order chi connectivity index (χ1) is 6.27. The van der Waals surface area contributed by atoms with Gasteiger partial charge in [0.1, 0.15) is 0 Å². The molecule has 0 bridgehead atoms. The van der Waals surface area contributed by atoms with Gasteiger partial charge in [0, 0.05) is 12.2 Å². The zero-order chi connectivity index (χ0) is 9.26. The van der Waals surface area contributed by atoms with E-state index in [1.165, 1.54) is 0 Å². The Morgan fingerprint density at radius 3 is 2.62 bits per heavy atom. The molecule has 0 unspecified atom stereocenters. The summed E-state index contributed by atoms with van der Waals surface area (Å²) < 4.78 is 0. The van der Waals surface area contributed by atoms with Gasteiger partial charge in [0.15, 0.2) is 5.96 Å². The average molecular weight is 175 g/mol. The summed E-state index contributed by atoms with van der Waals surface area (Å²) in [5.74, 6) is 0.624. The molecular formula is C10H13N3. The van der Waals surface area contributed by atoms with E-state index in [9.17, 15) is 0 Å². The van der Waals surface area contributed by atoms with E-state index in [0.717, 1.165) is 12.2 Å².